The first kappa shape index (κ1) is 13.8. The quantitative estimate of drug-likeness (QED) is 0.552. The molecule has 0 bridgehead atoms. The van der Waals surface area contributed by atoms with Crippen LogP contribution in [0, 0.1) is 5.41 Å². The first-order valence-electron chi connectivity index (χ1n) is 5.08. The summed E-state index contributed by atoms with van der Waals surface area (Å²) in [7, 11) is 0. The third-order valence-corrected chi connectivity index (χ3v) is 2.38. The zero-order chi connectivity index (χ0) is 11.2. The first-order valence-corrected chi connectivity index (χ1v) is 5.08. The Morgan fingerprint density at radius 1 is 1.36 bits per heavy atom. The third-order valence-electron chi connectivity index (χ3n) is 2.38. The molecule has 2 unspecified atom stereocenters. The van der Waals surface area contributed by atoms with Crippen molar-refractivity contribution in [2.45, 2.75) is 39.4 Å². The summed E-state index contributed by atoms with van der Waals surface area (Å²) in [6, 6.07) is 0. The number of ether oxygens (including phenoxy) is 1. The highest BCUT2D eigenvalue weighted by Gasteiger charge is 2.27. The minimum atomic E-state index is -0.568. The molecule has 0 fully saturated rings. The minimum absolute atomic E-state index is 0.229. The van der Waals surface area contributed by atoms with E-state index in [0.717, 1.165) is 0 Å². The summed E-state index contributed by atoms with van der Waals surface area (Å²) < 4.78 is 5.31. The molecule has 0 spiro atoms. The fourth-order valence-corrected chi connectivity index (χ4v) is 0.991. The summed E-state index contributed by atoms with van der Waals surface area (Å²) >= 11 is 0. The Labute approximate surface area is 86.1 Å². The van der Waals surface area contributed by atoms with Crippen molar-refractivity contribution >= 4 is 0 Å². The van der Waals surface area contributed by atoms with Crippen LogP contribution in [0.25, 0.3) is 0 Å². The molecule has 4 nitrogen and oxygen atoms in total. The highest BCUT2D eigenvalue weighted by atomic mass is 16.5. The van der Waals surface area contributed by atoms with Crippen LogP contribution in [-0.4, -0.2) is 42.2 Å². The normalized spacial score (nSPS) is 16.7. The smallest absolute Gasteiger partial charge is 0.0771 e. The van der Waals surface area contributed by atoms with Crippen LogP contribution in [0.1, 0.15) is 27.2 Å². The van der Waals surface area contributed by atoms with E-state index in [2.05, 4.69) is 0 Å². The zero-order valence-corrected chi connectivity index (χ0v) is 9.36. The molecule has 86 valence electrons. The SMILES string of the molecule is CCC(O)COCC(C)(C)C(O)CN. The monoisotopic (exact) mass is 205 g/mol. The van der Waals surface area contributed by atoms with E-state index in [1.54, 1.807) is 0 Å². The molecular weight excluding hydrogens is 182 g/mol. The maximum Gasteiger partial charge on any atom is 0.0771 e. The van der Waals surface area contributed by atoms with Gasteiger partial charge in [-0.1, -0.05) is 20.8 Å². The lowest BCUT2D eigenvalue weighted by Crippen LogP contribution is -2.39. The average molecular weight is 205 g/mol. The lowest BCUT2D eigenvalue weighted by atomic mass is 9.87. The minimum Gasteiger partial charge on any atom is -0.391 e. The van der Waals surface area contributed by atoms with Crippen LogP contribution in [0.2, 0.25) is 0 Å². The van der Waals surface area contributed by atoms with Crippen LogP contribution in [0.4, 0.5) is 0 Å². The molecule has 0 saturated carbocycles. The predicted molar refractivity (Wildman–Crippen MR) is 56.0 cm³/mol. The highest BCUT2D eigenvalue weighted by molar-refractivity contribution is 4.78. The molecule has 0 heterocycles. The Bertz CT molecular complexity index is 150. The van der Waals surface area contributed by atoms with Crippen LogP contribution in [0.15, 0.2) is 0 Å². The Morgan fingerprint density at radius 3 is 2.36 bits per heavy atom. The maximum absolute atomic E-state index is 9.54. The molecule has 0 aromatic rings. The standard InChI is InChI=1S/C10H23NO3/c1-4-8(12)6-14-7-10(2,3)9(13)5-11/h8-9,12-13H,4-7,11H2,1-3H3. The van der Waals surface area contributed by atoms with E-state index >= 15 is 0 Å². The molecule has 4 N–H and O–H groups in total. The molecular formula is C10H23NO3. The van der Waals surface area contributed by atoms with Crippen molar-refractivity contribution in [1.82, 2.24) is 0 Å². The molecule has 4 heteroatoms. The van der Waals surface area contributed by atoms with Crippen molar-refractivity contribution in [3.8, 4) is 0 Å². The summed E-state index contributed by atoms with van der Waals surface area (Å²) in [6.07, 6.45) is -0.304. The van der Waals surface area contributed by atoms with Gasteiger partial charge in [-0.2, -0.15) is 0 Å². The number of hydrogen-bond acceptors (Lipinski definition) is 4. The van der Waals surface area contributed by atoms with Gasteiger partial charge in [0.25, 0.3) is 0 Å². The van der Waals surface area contributed by atoms with E-state index in [9.17, 15) is 10.2 Å². The number of hydrogen-bond donors (Lipinski definition) is 3. The van der Waals surface area contributed by atoms with Gasteiger partial charge in [-0.25, -0.2) is 0 Å². The van der Waals surface area contributed by atoms with Gasteiger partial charge in [0.2, 0.25) is 0 Å². The van der Waals surface area contributed by atoms with Gasteiger partial charge in [0.15, 0.2) is 0 Å². The summed E-state index contributed by atoms with van der Waals surface area (Å²) in [5, 5.41) is 18.8. The fourth-order valence-electron chi connectivity index (χ4n) is 0.991. The van der Waals surface area contributed by atoms with Crippen molar-refractivity contribution in [3.05, 3.63) is 0 Å². The van der Waals surface area contributed by atoms with E-state index in [4.69, 9.17) is 10.5 Å². The van der Waals surface area contributed by atoms with Crippen molar-refractivity contribution in [1.29, 1.82) is 0 Å². The molecule has 0 aliphatic carbocycles. The van der Waals surface area contributed by atoms with E-state index in [1.165, 1.54) is 0 Å². The predicted octanol–water partition coefficient (Wildman–Crippen LogP) is 0.120. The lowest BCUT2D eigenvalue weighted by Gasteiger charge is -2.29. The zero-order valence-electron chi connectivity index (χ0n) is 9.36. The second-order valence-electron chi connectivity index (χ2n) is 4.32. The molecule has 0 radical (unpaired) electrons. The molecule has 14 heavy (non-hydrogen) atoms. The summed E-state index contributed by atoms with van der Waals surface area (Å²) in [6.45, 7) is 6.63. The van der Waals surface area contributed by atoms with Crippen LogP contribution >= 0.6 is 0 Å². The van der Waals surface area contributed by atoms with Gasteiger partial charge in [0, 0.05) is 12.0 Å². The van der Waals surface area contributed by atoms with Crippen molar-refractivity contribution in [2.24, 2.45) is 11.1 Å². The van der Waals surface area contributed by atoms with E-state index in [-0.39, 0.29) is 12.0 Å². The van der Waals surface area contributed by atoms with Gasteiger partial charge in [0.05, 0.1) is 25.4 Å². The van der Waals surface area contributed by atoms with E-state index in [0.29, 0.717) is 19.6 Å². The summed E-state index contributed by atoms with van der Waals surface area (Å²) in [4.78, 5) is 0. The van der Waals surface area contributed by atoms with E-state index in [1.807, 2.05) is 20.8 Å². The molecule has 0 aliphatic heterocycles. The van der Waals surface area contributed by atoms with E-state index < -0.39 is 12.2 Å². The van der Waals surface area contributed by atoms with Crippen molar-refractivity contribution in [2.75, 3.05) is 19.8 Å². The van der Waals surface area contributed by atoms with Gasteiger partial charge in [0.1, 0.15) is 0 Å². The first-order chi connectivity index (χ1) is 6.44. The number of aliphatic hydroxyl groups is 2. The molecule has 0 amide bonds. The lowest BCUT2D eigenvalue weighted by molar-refractivity contribution is -0.0434. The van der Waals surface area contributed by atoms with Gasteiger partial charge >= 0.3 is 0 Å². The van der Waals surface area contributed by atoms with Crippen LogP contribution in [0.5, 0.6) is 0 Å². The maximum atomic E-state index is 9.54. The van der Waals surface area contributed by atoms with Gasteiger partial charge in [-0.05, 0) is 6.42 Å². The number of rotatable bonds is 7. The molecule has 0 rings (SSSR count). The Morgan fingerprint density at radius 2 is 1.93 bits per heavy atom. The Balaban J connectivity index is 3.76. The largest absolute Gasteiger partial charge is 0.391 e. The van der Waals surface area contributed by atoms with Crippen molar-refractivity contribution in [3.63, 3.8) is 0 Å². The molecule has 0 saturated heterocycles. The van der Waals surface area contributed by atoms with Gasteiger partial charge < -0.3 is 20.7 Å². The second kappa shape index (κ2) is 6.35. The third kappa shape index (κ3) is 4.91. The van der Waals surface area contributed by atoms with Crippen molar-refractivity contribution < 1.29 is 14.9 Å². The van der Waals surface area contributed by atoms with Crippen LogP contribution in [0.3, 0.4) is 0 Å². The Kier molecular flexibility index (Phi) is 6.27. The molecule has 2 atom stereocenters. The molecule has 0 aromatic carbocycles. The van der Waals surface area contributed by atoms with Gasteiger partial charge in [-0.3, -0.25) is 0 Å². The van der Waals surface area contributed by atoms with Gasteiger partial charge in [-0.15, -0.1) is 0 Å². The average Bonchev–Trinajstić information content (AvgIpc) is 2.15. The second-order valence-corrected chi connectivity index (χ2v) is 4.32. The molecule has 0 aromatic heterocycles. The summed E-state index contributed by atoms with van der Waals surface area (Å²) in [5.41, 5.74) is 5.00. The Hall–Kier alpha value is -0.160. The van der Waals surface area contributed by atoms with Crippen LogP contribution in [-0.2, 0) is 4.74 Å². The fraction of sp³-hybridized carbons (Fsp3) is 1.00. The topological polar surface area (TPSA) is 75.7 Å². The number of nitrogens with two attached hydrogens (primary N) is 1. The summed E-state index contributed by atoms with van der Waals surface area (Å²) in [5.74, 6) is 0. The highest BCUT2D eigenvalue weighted by Crippen LogP contribution is 2.20. The van der Waals surface area contributed by atoms with Crippen LogP contribution < -0.4 is 5.73 Å². The molecule has 0 aliphatic rings. The number of aliphatic hydroxyl groups excluding tert-OH is 2.